The third kappa shape index (κ3) is 4.81. The summed E-state index contributed by atoms with van der Waals surface area (Å²) in [6, 6.07) is 51.0. The SMILES string of the molecule is C1=Cc2oc3cccc(-c4ccccc4)c3c2CC(c2nc(-c3ccc4ccccc4c3)nc(-c3ccc4c(ccc5ccccc54)c3)n2)=C1. The number of allylic oxidation sites excluding steroid dienone is 3. The Morgan fingerprint density at radius 3 is 2.00 bits per heavy atom. The summed E-state index contributed by atoms with van der Waals surface area (Å²) in [5, 5.41) is 8.26. The first kappa shape index (κ1) is 28.4. The smallest absolute Gasteiger partial charge is 0.164 e. The van der Waals surface area contributed by atoms with E-state index >= 15 is 0 Å². The van der Waals surface area contributed by atoms with Crippen molar-refractivity contribution in [3.8, 4) is 33.9 Å². The Morgan fingerprint density at radius 2 is 1.14 bits per heavy atom. The summed E-state index contributed by atoms with van der Waals surface area (Å²) in [5.74, 6) is 2.80. The molecule has 0 N–H and O–H groups in total. The predicted octanol–water partition coefficient (Wildman–Crippen LogP) is 11.7. The Bertz CT molecular complexity index is 2850. The topological polar surface area (TPSA) is 51.8 Å². The van der Waals surface area contributed by atoms with Gasteiger partial charge in [0, 0.05) is 34.1 Å². The normalized spacial score (nSPS) is 12.8. The fourth-order valence-electron chi connectivity index (χ4n) is 7.31. The fraction of sp³-hybridized carbons (Fsp3) is 0.0217. The van der Waals surface area contributed by atoms with Crippen LogP contribution in [0.2, 0.25) is 0 Å². The van der Waals surface area contributed by atoms with Crippen molar-refractivity contribution in [1.29, 1.82) is 0 Å². The lowest BCUT2D eigenvalue weighted by molar-refractivity contribution is 0.600. The molecule has 0 aliphatic heterocycles. The van der Waals surface area contributed by atoms with Crippen LogP contribution in [0.25, 0.3) is 88.8 Å². The van der Waals surface area contributed by atoms with Crippen molar-refractivity contribution in [3.05, 3.63) is 175 Å². The first-order valence-electron chi connectivity index (χ1n) is 16.9. The van der Waals surface area contributed by atoms with Crippen LogP contribution in [0.5, 0.6) is 0 Å². The maximum atomic E-state index is 6.44. The summed E-state index contributed by atoms with van der Waals surface area (Å²) < 4.78 is 6.44. The van der Waals surface area contributed by atoms with Gasteiger partial charge in [0.25, 0.3) is 0 Å². The molecule has 0 atom stereocenters. The molecule has 234 valence electrons. The summed E-state index contributed by atoms with van der Waals surface area (Å²) in [6.45, 7) is 0. The molecule has 0 amide bonds. The van der Waals surface area contributed by atoms with E-state index in [1.165, 1.54) is 21.5 Å². The summed E-state index contributed by atoms with van der Waals surface area (Å²) >= 11 is 0. The Labute approximate surface area is 288 Å². The summed E-state index contributed by atoms with van der Waals surface area (Å²) in [7, 11) is 0. The highest BCUT2D eigenvalue weighted by Gasteiger charge is 2.22. The third-order valence-electron chi connectivity index (χ3n) is 9.78. The van der Waals surface area contributed by atoms with Gasteiger partial charge in [0.05, 0.1) is 0 Å². The lowest BCUT2D eigenvalue weighted by Crippen LogP contribution is -2.04. The second-order valence-electron chi connectivity index (χ2n) is 12.8. The number of aromatic nitrogens is 3. The molecule has 10 rings (SSSR count). The quantitative estimate of drug-likeness (QED) is 0.180. The maximum absolute atomic E-state index is 6.44. The van der Waals surface area contributed by atoms with Gasteiger partial charge in [-0.15, -0.1) is 0 Å². The minimum absolute atomic E-state index is 0.615. The van der Waals surface area contributed by atoms with E-state index in [0.717, 1.165) is 60.9 Å². The highest BCUT2D eigenvalue weighted by atomic mass is 16.3. The van der Waals surface area contributed by atoms with E-state index in [0.29, 0.717) is 23.9 Å². The highest BCUT2D eigenvalue weighted by molar-refractivity contribution is 6.08. The van der Waals surface area contributed by atoms with Crippen LogP contribution >= 0.6 is 0 Å². The van der Waals surface area contributed by atoms with E-state index in [1.807, 2.05) is 12.1 Å². The van der Waals surface area contributed by atoms with Crippen molar-refractivity contribution in [2.45, 2.75) is 6.42 Å². The van der Waals surface area contributed by atoms with E-state index in [1.54, 1.807) is 0 Å². The van der Waals surface area contributed by atoms with Crippen LogP contribution in [0.1, 0.15) is 17.1 Å². The van der Waals surface area contributed by atoms with Crippen LogP contribution in [0, 0.1) is 0 Å². The molecule has 1 aliphatic carbocycles. The molecular formula is C46H29N3O. The molecule has 1 aliphatic rings. The van der Waals surface area contributed by atoms with Crippen molar-refractivity contribution < 1.29 is 4.42 Å². The van der Waals surface area contributed by atoms with Crippen LogP contribution < -0.4 is 0 Å². The number of hydrogen-bond acceptors (Lipinski definition) is 4. The average Bonchev–Trinajstić information content (AvgIpc) is 3.40. The number of nitrogens with zero attached hydrogens (tertiary/aromatic N) is 3. The predicted molar refractivity (Wildman–Crippen MR) is 206 cm³/mol. The van der Waals surface area contributed by atoms with E-state index < -0.39 is 0 Å². The van der Waals surface area contributed by atoms with E-state index in [9.17, 15) is 0 Å². The van der Waals surface area contributed by atoms with Gasteiger partial charge in [0.1, 0.15) is 11.3 Å². The summed E-state index contributed by atoms with van der Waals surface area (Å²) in [4.78, 5) is 15.5. The van der Waals surface area contributed by atoms with Crippen LogP contribution in [0.15, 0.2) is 162 Å². The third-order valence-corrected chi connectivity index (χ3v) is 9.78. The second kappa shape index (κ2) is 11.5. The minimum Gasteiger partial charge on any atom is -0.456 e. The molecule has 0 radical (unpaired) electrons. The molecule has 0 unspecified atom stereocenters. The van der Waals surface area contributed by atoms with Gasteiger partial charge in [-0.25, -0.2) is 15.0 Å². The number of hydrogen-bond donors (Lipinski definition) is 0. The van der Waals surface area contributed by atoms with Gasteiger partial charge >= 0.3 is 0 Å². The molecule has 0 bridgehead atoms. The molecule has 7 aromatic carbocycles. The molecule has 0 saturated heterocycles. The molecule has 0 saturated carbocycles. The van der Waals surface area contributed by atoms with Crippen molar-refractivity contribution in [3.63, 3.8) is 0 Å². The van der Waals surface area contributed by atoms with Gasteiger partial charge < -0.3 is 4.42 Å². The molecule has 4 heteroatoms. The van der Waals surface area contributed by atoms with Crippen LogP contribution in [-0.2, 0) is 6.42 Å². The van der Waals surface area contributed by atoms with E-state index in [2.05, 4.69) is 152 Å². The monoisotopic (exact) mass is 639 g/mol. The standard InChI is InChI=1S/C46H29N3O/c1-2-11-30(12-3-1)39-17-9-19-42-43(39)40-28-34(15-8-18-41(40)50-42)44-47-45(35-23-20-29-10-4-5-14-32(29)26-35)49-46(48-44)36-24-25-38-33(27-36)22-21-31-13-6-7-16-37(31)38/h1-27H,28H2. The first-order chi connectivity index (χ1) is 24.7. The summed E-state index contributed by atoms with van der Waals surface area (Å²) in [5.41, 5.74) is 7.22. The molecule has 2 heterocycles. The molecule has 0 spiro atoms. The van der Waals surface area contributed by atoms with E-state index in [-0.39, 0.29) is 0 Å². The second-order valence-corrected chi connectivity index (χ2v) is 12.8. The van der Waals surface area contributed by atoms with Crippen LogP contribution in [0.4, 0.5) is 0 Å². The zero-order chi connectivity index (χ0) is 33.0. The number of furan rings is 1. The van der Waals surface area contributed by atoms with E-state index in [4.69, 9.17) is 19.4 Å². The lowest BCUT2D eigenvalue weighted by atomic mass is 9.95. The van der Waals surface area contributed by atoms with Crippen LogP contribution in [-0.4, -0.2) is 15.0 Å². The maximum Gasteiger partial charge on any atom is 0.164 e. The Kier molecular flexibility index (Phi) is 6.53. The molecular weight excluding hydrogens is 611 g/mol. The Hall–Kier alpha value is -6.65. The molecule has 4 nitrogen and oxygen atoms in total. The molecule has 50 heavy (non-hydrogen) atoms. The van der Waals surface area contributed by atoms with Crippen molar-refractivity contribution in [2.75, 3.05) is 0 Å². The van der Waals surface area contributed by atoms with Gasteiger partial charge in [-0.3, -0.25) is 0 Å². The first-order valence-corrected chi connectivity index (χ1v) is 16.9. The molecule has 2 aromatic heterocycles. The number of fused-ring (bicyclic) bond motifs is 7. The van der Waals surface area contributed by atoms with Gasteiger partial charge in [-0.2, -0.15) is 0 Å². The van der Waals surface area contributed by atoms with Crippen LogP contribution in [0.3, 0.4) is 0 Å². The number of benzene rings is 7. The van der Waals surface area contributed by atoms with Crippen molar-refractivity contribution in [2.24, 2.45) is 0 Å². The minimum atomic E-state index is 0.615. The average molecular weight is 640 g/mol. The zero-order valence-electron chi connectivity index (χ0n) is 27.0. The molecule has 0 fully saturated rings. The Balaban J connectivity index is 1.14. The van der Waals surface area contributed by atoms with Gasteiger partial charge in [0.15, 0.2) is 17.5 Å². The van der Waals surface area contributed by atoms with Gasteiger partial charge in [-0.05, 0) is 67.7 Å². The largest absolute Gasteiger partial charge is 0.456 e. The summed E-state index contributed by atoms with van der Waals surface area (Å²) in [6.07, 6.45) is 6.83. The fourth-order valence-corrected chi connectivity index (χ4v) is 7.31. The van der Waals surface area contributed by atoms with Gasteiger partial charge in [-0.1, -0.05) is 140 Å². The zero-order valence-corrected chi connectivity index (χ0v) is 27.0. The Morgan fingerprint density at radius 1 is 0.480 bits per heavy atom. The van der Waals surface area contributed by atoms with Gasteiger partial charge in [0.2, 0.25) is 0 Å². The lowest BCUT2D eigenvalue weighted by Gasteiger charge is -2.12. The highest BCUT2D eigenvalue weighted by Crippen LogP contribution is 2.39. The van der Waals surface area contributed by atoms with Crippen molar-refractivity contribution >= 4 is 54.9 Å². The molecule has 9 aromatic rings. The number of rotatable bonds is 4. The van der Waals surface area contributed by atoms with Crippen molar-refractivity contribution in [1.82, 2.24) is 15.0 Å².